The number of hydrogen-bond donors (Lipinski definition) is 0. The lowest BCUT2D eigenvalue weighted by atomic mass is 10.0. The van der Waals surface area contributed by atoms with Gasteiger partial charge < -0.3 is 0 Å². The van der Waals surface area contributed by atoms with Gasteiger partial charge >= 0.3 is 0 Å². The summed E-state index contributed by atoms with van der Waals surface area (Å²) in [4.78, 5) is 10.6. The van der Waals surface area contributed by atoms with E-state index in [4.69, 9.17) is 0 Å². The number of hydrogen-bond acceptors (Lipinski definition) is 3. The molecule has 0 unspecified atom stereocenters. The van der Waals surface area contributed by atoms with Gasteiger partial charge in [0.15, 0.2) is 0 Å². The van der Waals surface area contributed by atoms with Gasteiger partial charge in [0, 0.05) is 16.5 Å². The molecule has 0 spiro atoms. The second-order valence-corrected chi connectivity index (χ2v) is 3.74. The van der Waals surface area contributed by atoms with Crippen LogP contribution in [0.4, 0.5) is 0 Å². The topological polar surface area (TPSA) is 30.0 Å². The zero-order valence-electron chi connectivity index (χ0n) is 7.73. The Balaban J connectivity index is 2.48. The quantitative estimate of drug-likeness (QED) is 0.702. The molecule has 0 N–H and O–H groups in total. The van der Waals surface area contributed by atoms with E-state index in [2.05, 4.69) is 4.37 Å². The number of rotatable bonds is 2. The Morgan fingerprint density at radius 3 is 2.79 bits per heavy atom. The molecule has 0 aliphatic rings. The summed E-state index contributed by atoms with van der Waals surface area (Å²) < 4.78 is 4.24. The molecular weight excluding hydrogens is 194 g/mol. The van der Waals surface area contributed by atoms with E-state index in [-0.39, 0.29) is 0 Å². The minimum absolute atomic E-state index is 0.740. The molecule has 0 radical (unpaired) electrons. The third-order valence-corrected chi connectivity index (χ3v) is 2.69. The van der Waals surface area contributed by atoms with Crippen molar-refractivity contribution in [2.75, 3.05) is 0 Å². The molecular formula is C11H9NOS. The Hall–Kier alpha value is -1.48. The minimum Gasteiger partial charge on any atom is -0.298 e. The molecule has 1 aromatic heterocycles. The van der Waals surface area contributed by atoms with E-state index < -0.39 is 0 Å². The van der Waals surface area contributed by atoms with Crippen molar-refractivity contribution in [3.05, 3.63) is 40.8 Å². The van der Waals surface area contributed by atoms with Crippen LogP contribution in [0.5, 0.6) is 0 Å². The first-order chi connectivity index (χ1) is 6.81. The van der Waals surface area contributed by atoms with Gasteiger partial charge in [-0.15, -0.1) is 0 Å². The zero-order valence-corrected chi connectivity index (χ0v) is 8.54. The van der Waals surface area contributed by atoms with Crippen LogP contribution in [0.1, 0.15) is 15.9 Å². The summed E-state index contributed by atoms with van der Waals surface area (Å²) in [5, 5.41) is 1.94. The second kappa shape index (κ2) is 3.72. The Labute approximate surface area is 86.4 Å². The Morgan fingerprint density at radius 1 is 1.36 bits per heavy atom. The monoisotopic (exact) mass is 203 g/mol. The number of nitrogens with zero attached hydrogens (tertiary/aromatic N) is 1. The van der Waals surface area contributed by atoms with Crippen LogP contribution in [0.15, 0.2) is 29.6 Å². The molecule has 70 valence electrons. The fourth-order valence-corrected chi connectivity index (χ4v) is 1.86. The molecule has 0 fully saturated rings. The van der Waals surface area contributed by atoms with Gasteiger partial charge in [0.05, 0.1) is 5.69 Å². The van der Waals surface area contributed by atoms with Gasteiger partial charge in [-0.25, -0.2) is 0 Å². The molecule has 2 rings (SSSR count). The van der Waals surface area contributed by atoms with Crippen molar-refractivity contribution in [1.82, 2.24) is 4.37 Å². The van der Waals surface area contributed by atoms with Gasteiger partial charge in [-0.1, -0.05) is 12.1 Å². The fourth-order valence-electron chi connectivity index (χ4n) is 1.33. The highest BCUT2D eigenvalue weighted by molar-refractivity contribution is 7.03. The van der Waals surface area contributed by atoms with Crippen LogP contribution in [0.25, 0.3) is 11.3 Å². The Kier molecular flexibility index (Phi) is 2.41. The highest BCUT2D eigenvalue weighted by atomic mass is 32.1. The number of carbonyl (C=O) groups is 1. The lowest BCUT2D eigenvalue weighted by molar-refractivity contribution is 0.112. The number of aromatic nitrogens is 1. The van der Waals surface area contributed by atoms with Crippen LogP contribution >= 0.6 is 11.5 Å². The Bertz CT molecular complexity index is 448. The number of benzene rings is 1. The second-order valence-electron chi connectivity index (χ2n) is 3.07. The molecule has 0 bridgehead atoms. The Morgan fingerprint density at radius 2 is 2.21 bits per heavy atom. The first kappa shape index (κ1) is 9.09. The lowest BCUT2D eigenvalue weighted by Gasteiger charge is -2.01. The van der Waals surface area contributed by atoms with E-state index in [9.17, 15) is 4.79 Å². The minimum atomic E-state index is 0.740. The molecule has 0 aliphatic carbocycles. The lowest BCUT2D eigenvalue weighted by Crippen LogP contribution is -1.87. The molecule has 2 nitrogen and oxygen atoms in total. The van der Waals surface area contributed by atoms with Crippen LogP contribution < -0.4 is 0 Å². The normalized spacial score (nSPS) is 10.1. The molecule has 0 amide bonds. The predicted octanol–water partition coefficient (Wildman–Crippen LogP) is 2.93. The maximum atomic E-state index is 10.6. The van der Waals surface area contributed by atoms with E-state index in [1.54, 1.807) is 0 Å². The van der Waals surface area contributed by atoms with Crippen molar-refractivity contribution in [2.45, 2.75) is 6.92 Å². The van der Waals surface area contributed by atoms with Crippen molar-refractivity contribution < 1.29 is 4.79 Å². The van der Waals surface area contributed by atoms with Gasteiger partial charge in [-0.2, -0.15) is 4.37 Å². The standard InChI is InChI=1S/C11H9NOS/c1-8-6-9(2-3-10(8)7-13)11-4-5-14-12-11/h2-7H,1H3. The van der Waals surface area contributed by atoms with Crippen molar-refractivity contribution in [3.63, 3.8) is 0 Å². The van der Waals surface area contributed by atoms with Crippen LogP contribution in [-0.4, -0.2) is 10.7 Å². The molecule has 2 aromatic rings. The molecule has 0 aliphatic heterocycles. The highest BCUT2D eigenvalue weighted by Crippen LogP contribution is 2.20. The molecule has 1 heterocycles. The molecule has 1 aromatic carbocycles. The molecule has 3 heteroatoms. The van der Waals surface area contributed by atoms with Crippen molar-refractivity contribution >= 4 is 17.8 Å². The van der Waals surface area contributed by atoms with E-state index in [1.165, 1.54) is 11.5 Å². The summed E-state index contributed by atoms with van der Waals surface area (Å²) in [7, 11) is 0. The van der Waals surface area contributed by atoms with E-state index >= 15 is 0 Å². The summed E-state index contributed by atoms with van der Waals surface area (Å²) in [6.07, 6.45) is 0.875. The number of carbonyl (C=O) groups excluding carboxylic acids is 1. The molecule has 0 saturated heterocycles. The van der Waals surface area contributed by atoms with Crippen LogP contribution in [0.3, 0.4) is 0 Å². The summed E-state index contributed by atoms with van der Waals surface area (Å²) in [5.41, 5.74) is 3.76. The SMILES string of the molecule is Cc1cc(-c2ccsn2)ccc1C=O. The highest BCUT2D eigenvalue weighted by Gasteiger charge is 2.02. The van der Waals surface area contributed by atoms with Gasteiger partial charge in [-0.3, -0.25) is 4.79 Å². The average Bonchev–Trinajstić information content (AvgIpc) is 2.70. The van der Waals surface area contributed by atoms with Crippen molar-refractivity contribution in [1.29, 1.82) is 0 Å². The zero-order chi connectivity index (χ0) is 9.97. The van der Waals surface area contributed by atoms with Crippen molar-refractivity contribution in [2.24, 2.45) is 0 Å². The van der Waals surface area contributed by atoms with E-state index in [0.717, 1.165) is 28.7 Å². The summed E-state index contributed by atoms with van der Waals surface area (Å²) >= 11 is 1.43. The molecule has 14 heavy (non-hydrogen) atoms. The first-order valence-corrected chi connectivity index (χ1v) is 5.11. The van der Waals surface area contributed by atoms with Crippen LogP contribution in [0, 0.1) is 6.92 Å². The first-order valence-electron chi connectivity index (χ1n) is 4.28. The van der Waals surface area contributed by atoms with Gasteiger partial charge in [0.25, 0.3) is 0 Å². The summed E-state index contributed by atoms with van der Waals surface area (Å²) in [6, 6.07) is 7.71. The molecule has 0 atom stereocenters. The average molecular weight is 203 g/mol. The summed E-state index contributed by atoms with van der Waals surface area (Å²) in [5.74, 6) is 0. The van der Waals surface area contributed by atoms with Gasteiger partial charge in [0.2, 0.25) is 0 Å². The largest absolute Gasteiger partial charge is 0.298 e. The van der Waals surface area contributed by atoms with Gasteiger partial charge in [-0.05, 0) is 36.2 Å². The molecule has 0 saturated carbocycles. The predicted molar refractivity (Wildman–Crippen MR) is 57.7 cm³/mol. The maximum Gasteiger partial charge on any atom is 0.150 e. The number of aryl methyl sites for hydroxylation is 1. The van der Waals surface area contributed by atoms with E-state index in [0.29, 0.717) is 0 Å². The smallest absolute Gasteiger partial charge is 0.150 e. The third-order valence-electron chi connectivity index (χ3n) is 2.13. The van der Waals surface area contributed by atoms with E-state index in [1.807, 2.05) is 36.6 Å². The van der Waals surface area contributed by atoms with Gasteiger partial charge in [0.1, 0.15) is 6.29 Å². The summed E-state index contributed by atoms with van der Waals surface area (Å²) in [6.45, 7) is 1.93. The van der Waals surface area contributed by atoms with Crippen LogP contribution in [-0.2, 0) is 0 Å². The third kappa shape index (κ3) is 1.59. The number of aldehydes is 1. The maximum absolute atomic E-state index is 10.6. The van der Waals surface area contributed by atoms with Crippen molar-refractivity contribution in [3.8, 4) is 11.3 Å². The van der Waals surface area contributed by atoms with Crippen LogP contribution in [0.2, 0.25) is 0 Å². The fraction of sp³-hybridized carbons (Fsp3) is 0.0909.